The van der Waals surface area contributed by atoms with Gasteiger partial charge in [0.15, 0.2) is 0 Å². The fourth-order valence-corrected chi connectivity index (χ4v) is 0.585. The molecule has 0 aliphatic rings. The van der Waals surface area contributed by atoms with E-state index in [4.69, 9.17) is 10.5 Å². The van der Waals surface area contributed by atoms with Crippen LogP contribution in [0.2, 0.25) is 0 Å². The Morgan fingerprint density at radius 1 is 1.70 bits per heavy atom. The SMILES string of the molecule is CCC(COC)OC(N)=O. The fourth-order valence-electron chi connectivity index (χ4n) is 0.585. The molecule has 1 unspecified atom stereocenters. The number of hydrogen-bond acceptors (Lipinski definition) is 3. The summed E-state index contributed by atoms with van der Waals surface area (Å²) >= 11 is 0. The van der Waals surface area contributed by atoms with Crippen molar-refractivity contribution in [3.05, 3.63) is 0 Å². The van der Waals surface area contributed by atoms with E-state index in [-0.39, 0.29) is 6.10 Å². The molecule has 0 aromatic carbocycles. The second-order valence-electron chi connectivity index (χ2n) is 1.92. The van der Waals surface area contributed by atoms with Crippen molar-refractivity contribution in [3.63, 3.8) is 0 Å². The minimum absolute atomic E-state index is 0.206. The predicted molar refractivity (Wildman–Crippen MR) is 36.6 cm³/mol. The first kappa shape index (κ1) is 9.23. The zero-order chi connectivity index (χ0) is 7.98. The molecule has 1 atom stereocenters. The largest absolute Gasteiger partial charge is 0.444 e. The van der Waals surface area contributed by atoms with E-state index >= 15 is 0 Å². The number of primary amides is 1. The summed E-state index contributed by atoms with van der Waals surface area (Å²) in [4.78, 5) is 10.2. The summed E-state index contributed by atoms with van der Waals surface area (Å²) in [7, 11) is 1.55. The van der Waals surface area contributed by atoms with Crippen molar-refractivity contribution in [1.29, 1.82) is 0 Å². The van der Waals surface area contributed by atoms with E-state index in [2.05, 4.69) is 4.74 Å². The normalized spacial score (nSPS) is 12.6. The van der Waals surface area contributed by atoms with Crippen LogP contribution in [0, 0.1) is 0 Å². The summed E-state index contributed by atoms with van der Waals surface area (Å²) in [5, 5.41) is 0. The lowest BCUT2D eigenvalue weighted by Gasteiger charge is -2.12. The summed E-state index contributed by atoms with van der Waals surface area (Å²) in [5.74, 6) is 0. The predicted octanol–water partition coefficient (Wildman–Crippen LogP) is 0.507. The molecule has 0 saturated heterocycles. The highest BCUT2D eigenvalue weighted by Gasteiger charge is 2.07. The van der Waals surface area contributed by atoms with Crippen LogP contribution in [0.4, 0.5) is 4.79 Å². The summed E-state index contributed by atoms with van der Waals surface area (Å²) in [6, 6.07) is 0. The Hall–Kier alpha value is -0.770. The van der Waals surface area contributed by atoms with Crippen LogP contribution in [0.15, 0.2) is 0 Å². The van der Waals surface area contributed by atoms with E-state index in [0.717, 1.165) is 6.42 Å². The van der Waals surface area contributed by atoms with Gasteiger partial charge in [-0.25, -0.2) is 4.79 Å². The summed E-state index contributed by atoms with van der Waals surface area (Å²) < 4.78 is 9.42. The molecule has 0 aliphatic heterocycles. The molecule has 0 fully saturated rings. The van der Waals surface area contributed by atoms with Crippen LogP contribution in [0.3, 0.4) is 0 Å². The van der Waals surface area contributed by atoms with E-state index in [0.29, 0.717) is 6.61 Å². The minimum Gasteiger partial charge on any atom is -0.444 e. The molecule has 4 heteroatoms. The first-order valence-corrected chi connectivity index (χ1v) is 3.15. The molecule has 4 nitrogen and oxygen atoms in total. The minimum atomic E-state index is -0.746. The average Bonchev–Trinajstić information content (AvgIpc) is 1.86. The van der Waals surface area contributed by atoms with E-state index in [9.17, 15) is 4.79 Å². The van der Waals surface area contributed by atoms with Gasteiger partial charge in [-0.05, 0) is 6.42 Å². The van der Waals surface area contributed by atoms with Crippen LogP contribution < -0.4 is 5.73 Å². The van der Waals surface area contributed by atoms with Crippen molar-refractivity contribution in [2.75, 3.05) is 13.7 Å². The van der Waals surface area contributed by atoms with Gasteiger partial charge >= 0.3 is 6.09 Å². The van der Waals surface area contributed by atoms with Crippen molar-refractivity contribution in [3.8, 4) is 0 Å². The van der Waals surface area contributed by atoms with Gasteiger partial charge in [0.2, 0.25) is 0 Å². The summed E-state index contributed by atoms with van der Waals surface area (Å²) in [6.45, 7) is 2.30. The Balaban J connectivity index is 3.49. The monoisotopic (exact) mass is 147 g/mol. The summed E-state index contributed by atoms with van der Waals surface area (Å²) in [6.07, 6.45) is -0.233. The third-order valence-corrected chi connectivity index (χ3v) is 1.09. The Bertz CT molecular complexity index is 105. The van der Waals surface area contributed by atoms with Crippen LogP contribution >= 0.6 is 0 Å². The van der Waals surface area contributed by atoms with Crippen LogP contribution in [-0.4, -0.2) is 25.9 Å². The Morgan fingerprint density at radius 3 is 2.60 bits per heavy atom. The zero-order valence-corrected chi connectivity index (χ0v) is 6.29. The second kappa shape index (κ2) is 5.05. The third kappa shape index (κ3) is 4.14. The van der Waals surface area contributed by atoms with Crippen LogP contribution in [-0.2, 0) is 9.47 Å². The third-order valence-electron chi connectivity index (χ3n) is 1.09. The van der Waals surface area contributed by atoms with Crippen molar-refractivity contribution >= 4 is 6.09 Å². The highest BCUT2D eigenvalue weighted by atomic mass is 16.6. The molecule has 0 rings (SSSR count). The first-order chi connectivity index (χ1) is 4.70. The quantitative estimate of drug-likeness (QED) is 0.630. The van der Waals surface area contributed by atoms with Gasteiger partial charge in [-0.2, -0.15) is 0 Å². The van der Waals surface area contributed by atoms with Gasteiger partial charge in [-0.1, -0.05) is 6.92 Å². The number of carbonyl (C=O) groups is 1. The molecule has 1 amide bonds. The van der Waals surface area contributed by atoms with Gasteiger partial charge in [0.1, 0.15) is 6.10 Å². The molecule has 0 aromatic heterocycles. The molecular formula is C6H13NO3. The molecule has 0 aromatic rings. The highest BCUT2D eigenvalue weighted by molar-refractivity contribution is 5.64. The van der Waals surface area contributed by atoms with Crippen molar-refractivity contribution in [2.45, 2.75) is 19.4 Å². The van der Waals surface area contributed by atoms with Crippen LogP contribution in [0.1, 0.15) is 13.3 Å². The Kier molecular flexibility index (Phi) is 4.66. The standard InChI is InChI=1S/C6H13NO3/c1-3-5(4-9-2)10-6(7)8/h5H,3-4H2,1-2H3,(H2,7,8). The van der Waals surface area contributed by atoms with Gasteiger partial charge in [-0.15, -0.1) is 0 Å². The van der Waals surface area contributed by atoms with E-state index in [1.54, 1.807) is 7.11 Å². The number of methoxy groups -OCH3 is 1. The lowest BCUT2D eigenvalue weighted by Crippen LogP contribution is -2.25. The maximum Gasteiger partial charge on any atom is 0.404 e. The number of ether oxygens (including phenoxy) is 2. The van der Waals surface area contributed by atoms with Crippen molar-refractivity contribution in [1.82, 2.24) is 0 Å². The number of rotatable bonds is 4. The van der Waals surface area contributed by atoms with Gasteiger partial charge < -0.3 is 15.2 Å². The van der Waals surface area contributed by atoms with Gasteiger partial charge in [0, 0.05) is 7.11 Å². The van der Waals surface area contributed by atoms with E-state index in [1.165, 1.54) is 0 Å². The van der Waals surface area contributed by atoms with E-state index < -0.39 is 6.09 Å². The smallest absolute Gasteiger partial charge is 0.404 e. The number of amides is 1. The molecule has 10 heavy (non-hydrogen) atoms. The molecule has 60 valence electrons. The molecule has 0 heterocycles. The maximum atomic E-state index is 10.2. The van der Waals surface area contributed by atoms with E-state index in [1.807, 2.05) is 6.92 Å². The maximum absolute atomic E-state index is 10.2. The molecule has 2 N–H and O–H groups in total. The van der Waals surface area contributed by atoms with Gasteiger partial charge in [0.05, 0.1) is 6.61 Å². The van der Waals surface area contributed by atoms with Gasteiger partial charge in [0.25, 0.3) is 0 Å². The molecule has 0 saturated carbocycles. The molecular weight excluding hydrogens is 134 g/mol. The Labute approximate surface area is 60.3 Å². The summed E-state index contributed by atoms with van der Waals surface area (Å²) in [5.41, 5.74) is 4.78. The van der Waals surface area contributed by atoms with Crippen molar-refractivity contribution < 1.29 is 14.3 Å². The van der Waals surface area contributed by atoms with Crippen molar-refractivity contribution in [2.24, 2.45) is 5.73 Å². The molecule has 0 spiro atoms. The number of hydrogen-bond donors (Lipinski definition) is 1. The Morgan fingerprint density at radius 2 is 2.30 bits per heavy atom. The highest BCUT2D eigenvalue weighted by Crippen LogP contribution is 1.97. The first-order valence-electron chi connectivity index (χ1n) is 3.15. The molecule has 0 radical (unpaired) electrons. The number of carbonyl (C=O) groups excluding carboxylic acids is 1. The molecule has 0 aliphatic carbocycles. The number of nitrogens with two attached hydrogens (primary N) is 1. The second-order valence-corrected chi connectivity index (χ2v) is 1.92. The fraction of sp³-hybridized carbons (Fsp3) is 0.833. The van der Waals surface area contributed by atoms with Crippen LogP contribution in [0.5, 0.6) is 0 Å². The van der Waals surface area contributed by atoms with Crippen LogP contribution in [0.25, 0.3) is 0 Å². The topological polar surface area (TPSA) is 61.6 Å². The molecule has 0 bridgehead atoms. The van der Waals surface area contributed by atoms with Gasteiger partial charge in [-0.3, -0.25) is 0 Å². The lowest BCUT2D eigenvalue weighted by atomic mass is 10.3. The average molecular weight is 147 g/mol. The lowest BCUT2D eigenvalue weighted by molar-refractivity contribution is 0.0421. The zero-order valence-electron chi connectivity index (χ0n) is 6.29.